The first-order valence-electron chi connectivity index (χ1n) is 4.94. The van der Waals surface area contributed by atoms with Crippen LogP contribution in [0.4, 0.5) is 14.5 Å². The van der Waals surface area contributed by atoms with Crippen LogP contribution in [0.15, 0.2) is 6.20 Å². The van der Waals surface area contributed by atoms with Crippen molar-refractivity contribution in [3.63, 3.8) is 0 Å². The monoisotopic (exact) mass is 248 g/mol. The van der Waals surface area contributed by atoms with Crippen LogP contribution in [-0.4, -0.2) is 41.9 Å². The van der Waals surface area contributed by atoms with Gasteiger partial charge >= 0.3 is 0 Å². The lowest BCUT2D eigenvalue weighted by Crippen LogP contribution is -2.30. The van der Waals surface area contributed by atoms with E-state index in [1.54, 1.807) is 7.05 Å². The average Bonchev–Trinajstić information content (AvgIpc) is 2.57. The van der Waals surface area contributed by atoms with Gasteiger partial charge in [-0.25, -0.2) is 8.78 Å². The molecule has 1 rings (SSSR count). The van der Waals surface area contributed by atoms with Crippen molar-refractivity contribution in [3.8, 4) is 0 Å². The lowest BCUT2D eigenvalue weighted by Gasteiger charge is -2.06. The maximum atomic E-state index is 11.7. The Morgan fingerprint density at radius 3 is 2.94 bits per heavy atom. The number of carbonyl (C=O) groups excluding carboxylic acids is 1. The molecule has 17 heavy (non-hydrogen) atoms. The number of rotatable bonds is 6. The molecule has 0 saturated carbocycles. The molecule has 0 radical (unpaired) electrons. The van der Waals surface area contributed by atoms with Gasteiger partial charge in [0.15, 0.2) is 0 Å². The molecule has 3 N–H and O–H groups in total. The van der Waals surface area contributed by atoms with Gasteiger partial charge in [-0.15, -0.1) is 0 Å². The first kappa shape index (κ1) is 13.4. The van der Waals surface area contributed by atoms with Gasteiger partial charge in [0.1, 0.15) is 12.3 Å². The molecule has 0 saturated heterocycles. The summed E-state index contributed by atoms with van der Waals surface area (Å²) in [5.41, 5.74) is 6.04. The summed E-state index contributed by atoms with van der Waals surface area (Å²) in [6.45, 7) is -0.478. The van der Waals surface area contributed by atoms with Crippen LogP contribution < -0.4 is 11.1 Å². The first-order valence-corrected chi connectivity index (χ1v) is 4.94. The van der Waals surface area contributed by atoms with Gasteiger partial charge in [-0.05, 0) is 0 Å². The molecule has 1 heterocycles. The zero-order valence-corrected chi connectivity index (χ0v) is 9.32. The molecule has 0 aliphatic rings. The molecule has 6 nitrogen and oxygen atoms in total. The van der Waals surface area contributed by atoms with Crippen LogP contribution in [0.5, 0.6) is 0 Å². The number of aromatic nitrogens is 2. The summed E-state index contributed by atoms with van der Waals surface area (Å²) in [7, 11) is 1.58. The van der Waals surface area contributed by atoms with Crippen LogP contribution in [0.2, 0.25) is 0 Å². The van der Waals surface area contributed by atoms with E-state index in [0.717, 1.165) is 0 Å². The topological polar surface area (TPSA) is 82.2 Å². The number of halogens is 2. The second-order valence-electron chi connectivity index (χ2n) is 3.29. The van der Waals surface area contributed by atoms with Crippen molar-refractivity contribution in [1.82, 2.24) is 15.1 Å². The number of carbonyl (C=O) groups is 1. The van der Waals surface area contributed by atoms with Gasteiger partial charge in [0.05, 0.1) is 18.5 Å². The third-order valence-electron chi connectivity index (χ3n) is 1.96. The molecule has 1 aromatic rings. The summed E-state index contributed by atoms with van der Waals surface area (Å²) in [4.78, 5) is 11.6. The van der Waals surface area contributed by atoms with Crippen LogP contribution in [0.25, 0.3) is 0 Å². The average molecular weight is 248 g/mol. The predicted molar refractivity (Wildman–Crippen MR) is 56.8 cm³/mol. The zero-order valence-electron chi connectivity index (χ0n) is 9.32. The Kier molecular flexibility index (Phi) is 4.83. The number of nitrogens with two attached hydrogens (primary N) is 1. The van der Waals surface area contributed by atoms with Crippen molar-refractivity contribution >= 4 is 11.6 Å². The van der Waals surface area contributed by atoms with Gasteiger partial charge < -0.3 is 15.8 Å². The zero-order chi connectivity index (χ0) is 12.8. The molecule has 1 amide bonds. The molecular weight excluding hydrogens is 234 g/mol. The van der Waals surface area contributed by atoms with Crippen molar-refractivity contribution in [3.05, 3.63) is 11.9 Å². The lowest BCUT2D eigenvalue weighted by molar-refractivity contribution is 0.0188. The van der Waals surface area contributed by atoms with E-state index in [1.807, 2.05) is 0 Å². The molecule has 8 heteroatoms. The number of ether oxygens (including phenoxy) is 1. The quantitative estimate of drug-likeness (QED) is 0.695. The maximum absolute atomic E-state index is 11.7. The van der Waals surface area contributed by atoms with Gasteiger partial charge in [-0.3, -0.25) is 9.48 Å². The number of nitrogens with one attached hydrogen (secondary N) is 1. The van der Waals surface area contributed by atoms with Gasteiger partial charge in [0.25, 0.3) is 12.3 Å². The normalized spacial score (nSPS) is 10.8. The molecule has 0 aromatic carbocycles. The number of amides is 1. The van der Waals surface area contributed by atoms with Crippen molar-refractivity contribution < 1.29 is 18.3 Å². The fourth-order valence-corrected chi connectivity index (χ4v) is 1.23. The summed E-state index contributed by atoms with van der Waals surface area (Å²) in [6.07, 6.45) is -1.14. The van der Waals surface area contributed by atoms with Gasteiger partial charge in [0.2, 0.25) is 0 Å². The maximum Gasteiger partial charge on any atom is 0.271 e. The molecule has 1 aromatic heterocycles. The third-order valence-corrected chi connectivity index (χ3v) is 1.96. The van der Waals surface area contributed by atoms with Crippen molar-refractivity contribution in [2.24, 2.45) is 7.05 Å². The van der Waals surface area contributed by atoms with E-state index in [2.05, 4.69) is 15.2 Å². The molecule has 0 aliphatic heterocycles. The molecule has 0 bridgehead atoms. The Morgan fingerprint density at radius 2 is 2.41 bits per heavy atom. The fourth-order valence-electron chi connectivity index (χ4n) is 1.23. The van der Waals surface area contributed by atoms with E-state index in [4.69, 9.17) is 5.73 Å². The van der Waals surface area contributed by atoms with E-state index in [-0.39, 0.29) is 24.5 Å². The standard InChI is InChI=1S/C9H14F2N4O2/c1-15-8(6(12)4-14-15)9(16)13-2-3-17-5-7(10)11/h4,7H,2-3,5,12H2,1H3,(H,13,16). The lowest BCUT2D eigenvalue weighted by atomic mass is 10.3. The molecule has 96 valence electrons. The molecule has 0 fully saturated rings. The number of alkyl halides is 2. The fraction of sp³-hybridized carbons (Fsp3) is 0.556. The summed E-state index contributed by atoms with van der Waals surface area (Å²) < 4.78 is 29.4. The molecular formula is C9H14F2N4O2. The summed E-state index contributed by atoms with van der Waals surface area (Å²) in [5, 5.41) is 6.30. The number of hydrogen-bond acceptors (Lipinski definition) is 4. The smallest absolute Gasteiger partial charge is 0.271 e. The van der Waals surface area contributed by atoms with Crippen molar-refractivity contribution in [1.29, 1.82) is 0 Å². The van der Waals surface area contributed by atoms with Crippen LogP contribution in [0.1, 0.15) is 10.5 Å². The first-order chi connectivity index (χ1) is 8.02. The minimum absolute atomic E-state index is 0.0217. The van der Waals surface area contributed by atoms with Crippen molar-refractivity contribution in [2.75, 3.05) is 25.5 Å². The summed E-state index contributed by atoms with van der Waals surface area (Å²) >= 11 is 0. The van der Waals surface area contributed by atoms with Crippen LogP contribution >= 0.6 is 0 Å². The highest BCUT2D eigenvalue weighted by Gasteiger charge is 2.14. The Bertz CT molecular complexity index is 362. The highest BCUT2D eigenvalue weighted by atomic mass is 19.3. The summed E-state index contributed by atoms with van der Waals surface area (Å²) in [6, 6.07) is 0. The Labute approximate surface area is 96.7 Å². The van der Waals surface area contributed by atoms with Gasteiger partial charge in [-0.1, -0.05) is 0 Å². The second kappa shape index (κ2) is 6.14. The van der Waals surface area contributed by atoms with Crippen molar-refractivity contribution in [2.45, 2.75) is 6.43 Å². The number of aryl methyl sites for hydroxylation is 1. The Hall–Kier alpha value is -1.70. The molecule has 0 atom stereocenters. The van der Waals surface area contributed by atoms with E-state index < -0.39 is 18.9 Å². The van der Waals surface area contributed by atoms with Crippen LogP contribution in [0.3, 0.4) is 0 Å². The van der Waals surface area contributed by atoms with Crippen LogP contribution in [-0.2, 0) is 11.8 Å². The largest absolute Gasteiger partial charge is 0.396 e. The van der Waals surface area contributed by atoms with Gasteiger partial charge in [0, 0.05) is 13.6 Å². The van der Waals surface area contributed by atoms with E-state index in [1.165, 1.54) is 10.9 Å². The molecule has 0 aliphatic carbocycles. The summed E-state index contributed by atoms with van der Waals surface area (Å²) in [5.74, 6) is -0.414. The highest BCUT2D eigenvalue weighted by Crippen LogP contribution is 2.08. The van der Waals surface area contributed by atoms with E-state index in [0.29, 0.717) is 0 Å². The third kappa shape index (κ3) is 3.99. The predicted octanol–water partition coefficient (Wildman–Crippen LogP) is 0.0138. The Balaban J connectivity index is 2.31. The number of nitrogen functional groups attached to an aromatic ring is 1. The minimum atomic E-state index is -2.50. The molecule has 0 unspecified atom stereocenters. The Morgan fingerprint density at radius 1 is 1.71 bits per heavy atom. The minimum Gasteiger partial charge on any atom is -0.396 e. The number of nitrogens with zero attached hydrogens (tertiary/aromatic N) is 2. The number of hydrogen-bond donors (Lipinski definition) is 2. The van der Waals surface area contributed by atoms with E-state index >= 15 is 0 Å². The SMILES string of the molecule is Cn1ncc(N)c1C(=O)NCCOCC(F)F. The molecule has 0 spiro atoms. The van der Waals surface area contributed by atoms with Gasteiger partial charge in [-0.2, -0.15) is 5.10 Å². The highest BCUT2D eigenvalue weighted by molar-refractivity contribution is 5.97. The number of anilines is 1. The van der Waals surface area contributed by atoms with E-state index in [9.17, 15) is 13.6 Å². The van der Waals surface area contributed by atoms with Crippen LogP contribution in [0, 0.1) is 0 Å². The second-order valence-corrected chi connectivity index (χ2v) is 3.29.